The third-order valence-corrected chi connectivity index (χ3v) is 6.40. The van der Waals surface area contributed by atoms with E-state index in [4.69, 9.17) is 18.9 Å². The predicted octanol–water partition coefficient (Wildman–Crippen LogP) is 4.86. The van der Waals surface area contributed by atoms with Gasteiger partial charge in [0.05, 0.1) is 23.3 Å². The van der Waals surface area contributed by atoms with Crippen molar-refractivity contribution in [3.05, 3.63) is 129 Å². The highest BCUT2D eigenvalue weighted by molar-refractivity contribution is 6.05. The van der Waals surface area contributed by atoms with Gasteiger partial charge in [-0.2, -0.15) is 5.10 Å². The summed E-state index contributed by atoms with van der Waals surface area (Å²) in [7, 11) is 0. The Hall–Kier alpha value is -6.50. The van der Waals surface area contributed by atoms with Crippen molar-refractivity contribution >= 4 is 35.8 Å². The van der Waals surface area contributed by atoms with Crippen molar-refractivity contribution in [2.45, 2.75) is 6.92 Å². The molecule has 1 aliphatic heterocycles. The van der Waals surface area contributed by atoms with Crippen molar-refractivity contribution in [3.63, 3.8) is 0 Å². The largest absolute Gasteiger partial charge is 0.490 e. The Labute approximate surface area is 262 Å². The number of hydrogen-bond donors (Lipinski definition) is 2. The van der Waals surface area contributed by atoms with Crippen LogP contribution in [0, 0.1) is 10.1 Å². The number of nitro groups is 1. The van der Waals surface area contributed by atoms with Gasteiger partial charge in [0.25, 0.3) is 17.5 Å². The number of carbonyl (C=O) groups is 3. The molecule has 0 bridgehead atoms. The van der Waals surface area contributed by atoms with E-state index in [1.54, 1.807) is 67.6 Å². The molecular formula is C33H26N4O9. The SMILES string of the molecule is CCOc1cc(/C=N/NC(=O)/C(=C\c2ccc3c(c2)OCO3)NC(=O)c2ccccc2)ccc1OC(=O)c1ccc([N+](=O)[O-])cc1. The number of nitrogens with zero attached hydrogens (tertiary/aromatic N) is 2. The van der Waals surface area contributed by atoms with Gasteiger partial charge < -0.3 is 24.3 Å². The fourth-order valence-corrected chi connectivity index (χ4v) is 4.17. The van der Waals surface area contributed by atoms with E-state index in [0.29, 0.717) is 28.2 Å². The van der Waals surface area contributed by atoms with Crippen LogP contribution >= 0.6 is 0 Å². The van der Waals surface area contributed by atoms with Crippen molar-refractivity contribution < 1.29 is 38.3 Å². The first kappa shape index (κ1) is 30.9. The fourth-order valence-electron chi connectivity index (χ4n) is 4.17. The zero-order chi connectivity index (χ0) is 32.5. The van der Waals surface area contributed by atoms with Crippen LogP contribution in [0.4, 0.5) is 5.69 Å². The molecule has 0 atom stereocenters. The monoisotopic (exact) mass is 622 g/mol. The molecule has 232 valence electrons. The van der Waals surface area contributed by atoms with Crippen LogP contribution in [0.25, 0.3) is 6.08 Å². The third-order valence-electron chi connectivity index (χ3n) is 6.40. The molecule has 5 rings (SSSR count). The van der Waals surface area contributed by atoms with Crippen molar-refractivity contribution in [1.82, 2.24) is 10.7 Å². The Bertz CT molecular complexity index is 1840. The van der Waals surface area contributed by atoms with E-state index in [1.165, 1.54) is 42.6 Å². The van der Waals surface area contributed by atoms with E-state index in [-0.39, 0.29) is 41.8 Å². The van der Waals surface area contributed by atoms with E-state index in [2.05, 4.69) is 15.8 Å². The minimum Gasteiger partial charge on any atom is -0.490 e. The molecule has 13 heteroatoms. The summed E-state index contributed by atoms with van der Waals surface area (Å²) in [5.41, 5.74) is 3.72. The number of esters is 1. The number of non-ortho nitro benzene ring substituents is 1. The number of nitrogens with one attached hydrogen (secondary N) is 2. The molecule has 46 heavy (non-hydrogen) atoms. The number of benzene rings is 4. The van der Waals surface area contributed by atoms with E-state index in [0.717, 1.165) is 0 Å². The number of nitro benzene ring substituents is 1. The molecule has 0 radical (unpaired) electrons. The van der Waals surface area contributed by atoms with Crippen LogP contribution in [-0.2, 0) is 4.79 Å². The summed E-state index contributed by atoms with van der Waals surface area (Å²) >= 11 is 0. The number of hydrazone groups is 1. The molecule has 0 saturated carbocycles. The molecule has 0 saturated heterocycles. The fraction of sp³-hybridized carbons (Fsp3) is 0.0909. The van der Waals surface area contributed by atoms with E-state index in [9.17, 15) is 24.5 Å². The topological polar surface area (TPSA) is 168 Å². The van der Waals surface area contributed by atoms with Crippen LogP contribution < -0.4 is 29.7 Å². The molecule has 4 aromatic rings. The van der Waals surface area contributed by atoms with E-state index >= 15 is 0 Å². The first-order chi connectivity index (χ1) is 22.3. The minimum absolute atomic E-state index is 0.0756. The number of carbonyl (C=O) groups excluding carboxylic acids is 3. The molecule has 4 aromatic carbocycles. The maximum absolute atomic E-state index is 13.2. The van der Waals surface area contributed by atoms with Crippen LogP contribution in [0.1, 0.15) is 38.8 Å². The van der Waals surface area contributed by atoms with Gasteiger partial charge in [-0.3, -0.25) is 19.7 Å². The highest BCUT2D eigenvalue weighted by atomic mass is 16.7. The van der Waals surface area contributed by atoms with Crippen LogP contribution in [0.3, 0.4) is 0 Å². The van der Waals surface area contributed by atoms with Crippen LogP contribution in [0.2, 0.25) is 0 Å². The molecular weight excluding hydrogens is 596 g/mol. The van der Waals surface area contributed by atoms with Gasteiger partial charge in [-0.15, -0.1) is 0 Å². The summed E-state index contributed by atoms with van der Waals surface area (Å²) in [4.78, 5) is 49.0. The number of ether oxygens (including phenoxy) is 4. The smallest absolute Gasteiger partial charge is 0.343 e. The van der Waals surface area contributed by atoms with Crippen LogP contribution in [0.5, 0.6) is 23.0 Å². The molecule has 0 fully saturated rings. The van der Waals surface area contributed by atoms with Crippen molar-refractivity contribution in [2.24, 2.45) is 5.10 Å². The second-order valence-corrected chi connectivity index (χ2v) is 9.52. The first-order valence-electron chi connectivity index (χ1n) is 13.9. The van der Waals surface area contributed by atoms with Gasteiger partial charge in [0.15, 0.2) is 23.0 Å². The summed E-state index contributed by atoms with van der Waals surface area (Å²) in [5.74, 6) is -0.504. The minimum atomic E-state index is -0.733. The second-order valence-electron chi connectivity index (χ2n) is 9.52. The average molecular weight is 623 g/mol. The number of fused-ring (bicyclic) bond motifs is 1. The quantitative estimate of drug-likeness (QED) is 0.0593. The number of hydrogen-bond acceptors (Lipinski definition) is 10. The summed E-state index contributed by atoms with van der Waals surface area (Å²) in [5, 5.41) is 17.5. The van der Waals surface area contributed by atoms with Crippen LogP contribution in [0.15, 0.2) is 102 Å². The third kappa shape index (κ3) is 7.71. The molecule has 0 spiro atoms. The Morgan fingerprint density at radius 2 is 1.63 bits per heavy atom. The van der Waals surface area contributed by atoms with Gasteiger partial charge in [0, 0.05) is 17.7 Å². The lowest BCUT2D eigenvalue weighted by Crippen LogP contribution is -2.32. The van der Waals surface area contributed by atoms with Gasteiger partial charge in [-0.25, -0.2) is 10.2 Å². The molecule has 13 nitrogen and oxygen atoms in total. The highest BCUT2D eigenvalue weighted by Gasteiger charge is 2.18. The molecule has 0 aliphatic carbocycles. The standard InChI is InChI=1S/C33H26N4O9/c1-2-43-30-18-22(9-15-28(30)46-33(40)24-10-12-25(13-11-24)37(41)42)19-34-36-32(39)26(35-31(38)23-6-4-3-5-7-23)16-21-8-14-27-29(17-21)45-20-44-27/h3-19H,2,20H2,1H3,(H,35,38)(H,36,39)/b26-16+,34-19+. The molecule has 1 heterocycles. The lowest BCUT2D eigenvalue weighted by atomic mass is 10.1. The summed E-state index contributed by atoms with van der Waals surface area (Å²) < 4.78 is 21.8. The molecule has 2 N–H and O–H groups in total. The van der Waals surface area contributed by atoms with Gasteiger partial charge >= 0.3 is 5.97 Å². The Morgan fingerprint density at radius 1 is 0.891 bits per heavy atom. The Kier molecular flexibility index (Phi) is 9.63. The van der Waals surface area contributed by atoms with Crippen molar-refractivity contribution in [2.75, 3.05) is 13.4 Å². The van der Waals surface area contributed by atoms with Gasteiger partial charge in [-0.1, -0.05) is 24.3 Å². The summed E-state index contributed by atoms with van der Waals surface area (Å²) in [6, 6.07) is 23.1. The van der Waals surface area contributed by atoms with Crippen molar-refractivity contribution in [3.8, 4) is 23.0 Å². The molecule has 2 amide bonds. The summed E-state index contributed by atoms with van der Waals surface area (Å²) in [6.45, 7) is 2.10. The lowest BCUT2D eigenvalue weighted by molar-refractivity contribution is -0.384. The summed E-state index contributed by atoms with van der Waals surface area (Å²) in [6.07, 6.45) is 2.83. The number of rotatable bonds is 11. The molecule has 0 unspecified atom stereocenters. The van der Waals surface area contributed by atoms with Gasteiger partial charge in [0.1, 0.15) is 5.70 Å². The lowest BCUT2D eigenvalue weighted by Gasteiger charge is -2.11. The Balaban J connectivity index is 1.31. The van der Waals surface area contributed by atoms with Gasteiger partial charge in [-0.05, 0) is 78.7 Å². The highest BCUT2D eigenvalue weighted by Crippen LogP contribution is 2.33. The molecule has 0 aromatic heterocycles. The van der Waals surface area contributed by atoms with E-state index in [1.807, 2.05) is 0 Å². The molecule has 1 aliphatic rings. The predicted molar refractivity (Wildman–Crippen MR) is 166 cm³/mol. The zero-order valence-corrected chi connectivity index (χ0v) is 24.3. The second kappa shape index (κ2) is 14.3. The zero-order valence-electron chi connectivity index (χ0n) is 24.3. The maximum atomic E-state index is 13.2. The van der Waals surface area contributed by atoms with Crippen LogP contribution in [-0.4, -0.2) is 42.3 Å². The normalized spacial score (nSPS) is 12.0. The average Bonchev–Trinajstić information content (AvgIpc) is 3.54. The number of amides is 2. The van der Waals surface area contributed by atoms with Crippen molar-refractivity contribution in [1.29, 1.82) is 0 Å². The van der Waals surface area contributed by atoms with E-state index < -0.39 is 22.7 Å². The first-order valence-corrected chi connectivity index (χ1v) is 13.9. The van der Waals surface area contributed by atoms with Gasteiger partial charge in [0.2, 0.25) is 6.79 Å². The Morgan fingerprint density at radius 3 is 2.37 bits per heavy atom. The maximum Gasteiger partial charge on any atom is 0.343 e.